The van der Waals surface area contributed by atoms with E-state index in [0.717, 1.165) is 19.0 Å². The lowest BCUT2D eigenvalue weighted by molar-refractivity contribution is 0.102. The van der Waals surface area contributed by atoms with Crippen molar-refractivity contribution in [1.29, 1.82) is 0 Å². The molecule has 144 valence electrons. The van der Waals surface area contributed by atoms with E-state index in [1.165, 1.54) is 18.4 Å². The number of nitrogens with one attached hydrogen (secondary N) is 1. The third-order valence-electron chi connectivity index (χ3n) is 4.83. The van der Waals surface area contributed by atoms with E-state index in [-0.39, 0.29) is 11.3 Å². The predicted molar refractivity (Wildman–Crippen MR) is 111 cm³/mol. The number of hydrogen-bond acceptors (Lipinski definition) is 5. The molecule has 0 aliphatic carbocycles. The van der Waals surface area contributed by atoms with Crippen LogP contribution in [0.1, 0.15) is 49.5 Å². The molecular formula is C21H29N5O. The Hall–Kier alpha value is -2.63. The van der Waals surface area contributed by atoms with E-state index < -0.39 is 0 Å². The van der Waals surface area contributed by atoms with Crippen LogP contribution in [0.15, 0.2) is 30.5 Å². The van der Waals surface area contributed by atoms with Gasteiger partial charge in [-0.25, -0.2) is 4.98 Å². The summed E-state index contributed by atoms with van der Waals surface area (Å²) in [6.07, 6.45) is 4.05. The fraction of sp³-hybridized carbons (Fsp3) is 0.476. The van der Waals surface area contributed by atoms with Crippen molar-refractivity contribution < 1.29 is 4.79 Å². The first-order valence-electron chi connectivity index (χ1n) is 9.47. The molecular weight excluding hydrogens is 338 g/mol. The van der Waals surface area contributed by atoms with Crippen LogP contribution in [0.5, 0.6) is 0 Å². The lowest BCUT2D eigenvalue weighted by atomic mass is 9.87. The van der Waals surface area contributed by atoms with Gasteiger partial charge in [-0.05, 0) is 36.0 Å². The monoisotopic (exact) mass is 367 g/mol. The average Bonchev–Trinajstić information content (AvgIpc) is 3.16. The molecule has 0 bridgehead atoms. The van der Waals surface area contributed by atoms with E-state index in [2.05, 4.69) is 41.0 Å². The van der Waals surface area contributed by atoms with E-state index >= 15 is 0 Å². The molecule has 6 nitrogen and oxygen atoms in total. The number of carbonyl (C=O) groups is 1. The Labute approximate surface area is 161 Å². The second-order valence-corrected chi connectivity index (χ2v) is 8.28. The van der Waals surface area contributed by atoms with Gasteiger partial charge in [0.05, 0.1) is 6.20 Å². The van der Waals surface area contributed by atoms with Crippen molar-refractivity contribution in [3.8, 4) is 0 Å². The minimum atomic E-state index is -0.156. The molecule has 1 saturated heterocycles. The van der Waals surface area contributed by atoms with Gasteiger partial charge >= 0.3 is 0 Å². The van der Waals surface area contributed by atoms with Gasteiger partial charge in [-0.3, -0.25) is 4.79 Å². The molecule has 1 aromatic carbocycles. The Bertz CT molecular complexity index is 802. The first kappa shape index (κ1) is 19.1. The third kappa shape index (κ3) is 4.38. The van der Waals surface area contributed by atoms with Gasteiger partial charge in [-0.1, -0.05) is 32.9 Å². The number of anilines is 3. The van der Waals surface area contributed by atoms with E-state index in [0.29, 0.717) is 17.1 Å². The molecule has 6 heteroatoms. The molecule has 27 heavy (non-hydrogen) atoms. The van der Waals surface area contributed by atoms with Gasteiger partial charge in [0.25, 0.3) is 5.91 Å². The second kappa shape index (κ2) is 7.55. The SMILES string of the molecule is CN(C)c1nc(N2CCCC2)ncc1NC(=O)c1ccc(C(C)(C)C)cc1. The fourth-order valence-electron chi connectivity index (χ4n) is 3.18. The third-order valence-corrected chi connectivity index (χ3v) is 4.83. The molecule has 1 fully saturated rings. The van der Waals surface area contributed by atoms with Crippen molar-refractivity contribution in [3.05, 3.63) is 41.6 Å². The molecule has 3 rings (SSSR count). The fourth-order valence-corrected chi connectivity index (χ4v) is 3.18. The maximum atomic E-state index is 12.7. The van der Waals surface area contributed by atoms with Crippen molar-refractivity contribution >= 4 is 23.4 Å². The summed E-state index contributed by atoms with van der Waals surface area (Å²) in [7, 11) is 3.84. The van der Waals surface area contributed by atoms with Gasteiger partial charge in [0.1, 0.15) is 5.69 Å². The molecule has 0 spiro atoms. The summed E-state index contributed by atoms with van der Waals surface area (Å²) in [6.45, 7) is 8.44. The molecule has 0 atom stereocenters. The summed E-state index contributed by atoms with van der Waals surface area (Å²) in [5.41, 5.74) is 2.50. The van der Waals surface area contributed by atoms with Gasteiger partial charge in [0.15, 0.2) is 5.82 Å². The van der Waals surface area contributed by atoms with Gasteiger partial charge in [0.2, 0.25) is 5.95 Å². The number of amides is 1. The van der Waals surface area contributed by atoms with Crippen molar-refractivity contribution in [2.75, 3.05) is 42.3 Å². The van der Waals surface area contributed by atoms with E-state index in [4.69, 9.17) is 0 Å². The Morgan fingerprint density at radius 1 is 1.11 bits per heavy atom. The number of nitrogens with zero attached hydrogens (tertiary/aromatic N) is 4. The Balaban J connectivity index is 1.80. The predicted octanol–water partition coefficient (Wildman–Crippen LogP) is 3.69. The minimum absolute atomic E-state index is 0.0618. The van der Waals surface area contributed by atoms with E-state index in [9.17, 15) is 4.79 Å². The van der Waals surface area contributed by atoms with Crippen molar-refractivity contribution in [2.24, 2.45) is 0 Å². The van der Waals surface area contributed by atoms with Crippen LogP contribution in [-0.2, 0) is 5.41 Å². The number of carbonyl (C=O) groups excluding carboxylic acids is 1. The molecule has 1 aliphatic rings. The zero-order valence-corrected chi connectivity index (χ0v) is 16.9. The zero-order chi connectivity index (χ0) is 19.6. The normalized spacial score (nSPS) is 14.3. The lowest BCUT2D eigenvalue weighted by Crippen LogP contribution is -2.24. The van der Waals surface area contributed by atoms with Gasteiger partial charge in [0, 0.05) is 32.7 Å². The highest BCUT2D eigenvalue weighted by atomic mass is 16.1. The first-order chi connectivity index (χ1) is 12.8. The number of aromatic nitrogens is 2. The molecule has 1 N–H and O–H groups in total. The minimum Gasteiger partial charge on any atom is -0.361 e. The van der Waals surface area contributed by atoms with Crippen LogP contribution in [0.2, 0.25) is 0 Å². The number of rotatable bonds is 4. The highest BCUT2D eigenvalue weighted by Crippen LogP contribution is 2.26. The Kier molecular flexibility index (Phi) is 5.35. The van der Waals surface area contributed by atoms with E-state index in [1.807, 2.05) is 43.3 Å². The van der Waals surface area contributed by atoms with Crippen molar-refractivity contribution in [2.45, 2.75) is 39.0 Å². The quantitative estimate of drug-likeness (QED) is 0.893. The lowest BCUT2D eigenvalue weighted by Gasteiger charge is -2.21. The van der Waals surface area contributed by atoms with Gasteiger partial charge < -0.3 is 15.1 Å². The maximum absolute atomic E-state index is 12.7. The smallest absolute Gasteiger partial charge is 0.255 e. The molecule has 0 radical (unpaired) electrons. The molecule has 1 aromatic heterocycles. The Morgan fingerprint density at radius 2 is 1.74 bits per heavy atom. The first-order valence-corrected chi connectivity index (χ1v) is 9.47. The molecule has 1 aliphatic heterocycles. The Morgan fingerprint density at radius 3 is 2.30 bits per heavy atom. The van der Waals surface area contributed by atoms with Crippen LogP contribution in [0.4, 0.5) is 17.5 Å². The summed E-state index contributed by atoms with van der Waals surface area (Å²) in [5.74, 6) is 1.28. The molecule has 0 saturated carbocycles. The van der Waals surface area contributed by atoms with Crippen LogP contribution in [0.25, 0.3) is 0 Å². The topological polar surface area (TPSA) is 61.4 Å². The van der Waals surface area contributed by atoms with Crippen LogP contribution < -0.4 is 15.1 Å². The standard InChI is InChI=1S/C21H29N5O/c1-21(2,3)16-10-8-15(9-11-16)19(27)23-17-14-22-20(24-18(17)25(4)5)26-12-6-7-13-26/h8-11,14H,6-7,12-13H2,1-5H3,(H,23,27). The number of benzene rings is 1. The van der Waals surface area contributed by atoms with Crippen LogP contribution in [0, 0.1) is 0 Å². The molecule has 1 amide bonds. The van der Waals surface area contributed by atoms with E-state index in [1.54, 1.807) is 6.20 Å². The molecule has 2 heterocycles. The molecule has 2 aromatic rings. The highest BCUT2D eigenvalue weighted by molar-refractivity contribution is 6.05. The summed E-state index contributed by atoms with van der Waals surface area (Å²) < 4.78 is 0. The van der Waals surface area contributed by atoms with Gasteiger partial charge in [-0.2, -0.15) is 4.98 Å². The largest absolute Gasteiger partial charge is 0.361 e. The summed E-state index contributed by atoms with van der Waals surface area (Å²) in [4.78, 5) is 25.9. The summed E-state index contributed by atoms with van der Waals surface area (Å²) >= 11 is 0. The van der Waals surface area contributed by atoms with Crippen LogP contribution in [0.3, 0.4) is 0 Å². The zero-order valence-electron chi connectivity index (χ0n) is 16.9. The summed E-state index contributed by atoms with van der Waals surface area (Å²) in [5, 5.41) is 2.96. The van der Waals surface area contributed by atoms with Crippen LogP contribution >= 0.6 is 0 Å². The maximum Gasteiger partial charge on any atom is 0.255 e. The second-order valence-electron chi connectivity index (χ2n) is 8.28. The molecule has 0 unspecified atom stereocenters. The van der Waals surface area contributed by atoms with Crippen LogP contribution in [-0.4, -0.2) is 43.1 Å². The summed E-state index contributed by atoms with van der Waals surface area (Å²) in [6, 6.07) is 7.75. The van der Waals surface area contributed by atoms with Crippen molar-refractivity contribution in [3.63, 3.8) is 0 Å². The van der Waals surface area contributed by atoms with Crippen molar-refractivity contribution in [1.82, 2.24) is 9.97 Å². The number of hydrogen-bond donors (Lipinski definition) is 1. The average molecular weight is 367 g/mol. The van der Waals surface area contributed by atoms with Gasteiger partial charge in [-0.15, -0.1) is 0 Å². The highest BCUT2D eigenvalue weighted by Gasteiger charge is 2.19.